The number of guanidine groups is 1. The molecule has 1 aliphatic heterocycles. The second kappa shape index (κ2) is 4.58. The number of anilines is 1. The summed E-state index contributed by atoms with van der Waals surface area (Å²) >= 11 is 0. The van der Waals surface area contributed by atoms with Gasteiger partial charge in [0.1, 0.15) is 5.82 Å². The standard InChI is InChI=1S/C15H16FN5/c16-10-1-3-12(4-2-10)21-14(8-19-15(21)17)13-7-18-9-20(13)11-5-6-11/h1-4,7,9,11,14H,5-6,8H2,(H2,17,19). The zero-order valence-electron chi connectivity index (χ0n) is 11.5. The highest BCUT2D eigenvalue weighted by Gasteiger charge is 2.34. The third-order valence-electron chi connectivity index (χ3n) is 4.07. The van der Waals surface area contributed by atoms with Gasteiger partial charge < -0.3 is 15.2 Å². The maximum absolute atomic E-state index is 13.1. The number of hydrogen-bond donors (Lipinski definition) is 1. The van der Waals surface area contributed by atoms with Crippen molar-refractivity contribution in [2.45, 2.75) is 24.9 Å². The van der Waals surface area contributed by atoms with Crippen molar-refractivity contribution < 1.29 is 4.39 Å². The summed E-state index contributed by atoms with van der Waals surface area (Å²) in [5, 5.41) is 0. The molecule has 1 unspecified atom stereocenters. The van der Waals surface area contributed by atoms with E-state index in [0.717, 1.165) is 11.4 Å². The van der Waals surface area contributed by atoms with Crippen LogP contribution in [0, 0.1) is 5.82 Å². The van der Waals surface area contributed by atoms with Gasteiger partial charge in [-0.1, -0.05) is 0 Å². The summed E-state index contributed by atoms with van der Waals surface area (Å²) in [6, 6.07) is 6.92. The van der Waals surface area contributed by atoms with E-state index in [1.54, 1.807) is 12.1 Å². The molecule has 1 aromatic heterocycles. The van der Waals surface area contributed by atoms with Crippen LogP contribution < -0.4 is 10.6 Å². The van der Waals surface area contributed by atoms with Crippen LogP contribution in [0.5, 0.6) is 0 Å². The van der Waals surface area contributed by atoms with Crippen LogP contribution >= 0.6 is 0 Å². The van der Waals surface area contributed by atoms with Gasteiger partial charge in [0.25, 0.3) is 0 Å². The van der Waals surface area contributed by atoms with Crippen molar-refractivity contribution in [3.8, 4) is 0 Å². The number of halogens is 1. The van der Waals surface area contributed by atoms with Gasteiger partial charge in [0, 0.05) is 11.7 Å². The summed E-state index contributed by atoms with van der Waals surface area (Å²) in [5.41, 5.74) is 8.01. The van der Waals surface area contributed by atoms with Gasteiger partial charge in [-0.15, -0.1) is 0 Å². The Morgan fingerprint density at radius 1 is 1.19 bits per heavy atom. The smallest absolute Gasteiger partial charge is 0.196 e. The van der Waals surface area contributed by atoms with Crippen LogP contribution in [0.2, 0.25) is 0 Å². The summed E-state index contributed by atoms with van der Waals surface area (Å²) < 4.78 is 15.3. The summed E-state index contributed by atoms with van der Waals surface area (Å²) in [6.45, 7) is 0.599. The Hall–Kier alpha value is -2.37. The molecule has 1 aliphatic carbocycles. The highest BCUT2D eigenvalue weighted by atomic mass is 19.1. The van der Waals surface area contributed by atoms with Gasteiger partial charge in [0.15, 0.2) is 5.96 Å². The van der Waals surface area contributed by atoms with Gasteiger partial charge in [-0.05, 0) is 37.1 Å². The number of rotatable bonds is 3. The normalized spacial score (nSPS) is 21.7. The van der Waals surface area contributed by atoms with Crippen LogP contribution in [0.15, 0.2) is 41.8 Å². The Bertz CT molecular complexity index is 686. The lowest BCUT2D eigenvalue weighted by molar-refractivity contribution is 0.623. The molecule has 4 rings (SSSR count). The first-order chi connectivity index (χ1) is 10.2. The van der Waals surface area contributed by atoms with Crippen molar-refractivity contribution in [3.63, 3.8) is 0 Å². The average Bonchev–Trinajstić information content (AvgIpc) is 3.09. The van der Waals surface area contributed by atoms with E-state index in [0.29, 0.717) is 18.5 Å². The molecule has 0 spiro atoms. The Labute approximate surface area is 121 Å². The minimum Gasteiger partial charge on any atom is -0.369 e. The second-order valence-corrected chi connectivity index (χ2v) is 5.52. The molecule has 2 heterocycles. The molecule has 1 atom stereocenters. The van der Waals surface area contributed by atoms with Crippen LogP contribution in [0.4, 0.5) is 10.1 Å². The van der Waals surface area contributed by atoms with Crippen LogP contribution in [0.3, 0.4) is 0 Å². The highest BCUT2D eigenvalue weighted by Crippen LogP contribution is 2.39. The van der Waals surface area contributed by atoms with Crippen LogP contribution in [-0.2, 0) is 0 Å². The lowest BCUT2D eigenvalue weighted by atomic mass is 10.1. The van der Waals surface area contributed by atoms with Crippen molar-refractivity contribution in [2.24, 2.45) is 10.7 Å². The lowest BCUT2D eigenvalue weighted by Gasteiger charge is -2.27. The molecule has 1 fully saturated rings. The number of aromatic nitrogens is 2. The molecule has 2 aliphatic rings. The number of aliphatic imine (C=N–C) groups is 1. The van der Waals surface area contributed by atoms with Gasteiger partial charge in [0.05, 0.1) is 30.8 Å². The molecule has 1 aromatic carbocycles. The van der Waals surface area contributed by atoms with Crippen LogP contribution in [-0.4, -0.2) is 22.1 Å². The van der Waals surface area contributed by atoms with Crippen molar-refractivity contribution in [2.75, 3.05) is 11.4 Å². The maximum Gasteiger partial charge on any atom is 0.196 e. The Kier molecular flexibility index (Phi) is 2.70. The predicted molar refractivity (Wildman–Crippen MR) is 78.6 cm³/mol. The molecule has 108 valence electrons. The summed E-state index contributed by atoms with van der Waals surface area (Å²) in [5.74, 6) is 0.211. The van der Waals surface area contributed by atoms with E-state index in [2.05, 4.69) is 14.5 Å². The van der Waals surface area contributed by atoms with Crippen molar-refractivity contribution >= 4 is 11.6 Å². The topological polar surface area (TPSA) is 59.4 Å². The second-order valence-electron chi connectivity index (χ2n) is 5.52. The Morgan fingerprint density at radius 3 is 2.67 bits per heavy atom. The first-order valence-corrected chi connectivity index (χ1v) is 7.10. The van der Waals surface area contributed by atoms with E-state index in [9.17, 15) is 4.39 Å². The number of nitrogens with zero attached hydrogens (tertiary/aromatic N) is 4. The Morgan fingerprint density at radius 2 is 1.95 bits per heavy atom. The summed E-state index contributed by atoms with van der Waals surface area (Å²) in [7, 11) is 0. The minimum atomic E-state index is -0.256. The van der Waals surface area contributed by atoms with Gasteiger partial charge >= 0.3 is 0 Å². The molecule has 1 saturated carbocycles. The largest absolute Gasteiger partial charge is 0.369 e. The van der Waals surface area contributed by atoms with E-state index in [1.165, 1.54) is 25.0 Å². The third kappa shape index (κ3) is 2.07. The van der Waals surface area contributed by atoms with E-state index in [4.69, 9.17) is 5.73 Å². The fourth-order valence-corrected chi connectivity index (χ4v) is 2.87. The lowest BCUT2D eigenvalue weighted by Crippen LogP contribution is -2.36. The molecule has 0 radical (unpaired) electrons. The molecule has 6 heteroatoms. The number of imidazole rings is 1. The number of benzene rings is 1. The quantitative estimate of drug-likeness (QED) is 0.940. The monoisotopic (exact) mass is 285 g/mol. The Balaban J connectivity index is 1.71. The molecule has 5 nitrogen and oxygen atoms in total. The average molecular weight is 285 g/mol. The molecule has 0 bridgehead atoms. The molecular formula is C15H16FN5. The van der Waals surface area contributed by atoms with Gasteiger partial charge in [0.2, 0.25) is 0 Å². The fourth-order valence-electron chi connectivity index (χ4n) is 2.87. The van der Waals surface area contributed by atoms with Crippen LogP contribution in [0.25, 0.3) is 0 Å². The highest BCUT2D eigenvalue weighted by molar-refractivity contribution is 5.97. The molecule has 0 saturated heterocycles. The molecular weight excluding hydrogens is 269 g/mol. The maximum atomic E-state index is 13.1. The zero-order chi connectivity index (χ0) is 14.4. The SMILES string of the molecule is NC1=NCC(c2cncn2C2CC2)N1c1ccc(F)cc1. The van der Waals surface area contributed by atoms with Crippen molar-refractivity contribution in [1.82, 2.24) is 9.55 Å². The molecule has 21 heavy (non-hydrogen) atoms. The first kappa shape index (κ1) is 12.4. The zero-order valence-corrected chi connectivity index (χ0v) is 11.5. The van der Waals surface area contributed by atoms with Crippen molar-refractivity contribution in [3.05, 3.63) is 48.3 Å². The minimum absolute atomic E-state index is 0.0264. The first-order valence-electron chi connectivity index (χ1n) is 7.10. The molecule has 2 N–H and O–H groups in total. The van der Waals surface area contributed by atoms with E-state index in [1.807, 2.05) is 17.4 Å². The van der Waals surface area contributed by atoms with E-state index < -0.39 is 0 Å². The van der Waals surface area contributed by atoms with E-state index in [-0.39, 0.29) is 11.9 Å². The fraction of sp³-hybridized carbons (Fsp3) is 0.333. The van der Waals surface area contributed by atoms with Crippen LogP contribution in [0.1, 0.15) is 30.6 Å². The van der Waals surface area contributed by atoms with Gasteiger partial charge in [-0.2, -0.15) is 0 Å². The van der Waals surface area contributed by atoms with Gasteiger partial charge in [-0.3, -0.25) is 4.99 Å². The van der Waals surface area contributed by atoms with E-state index >= 15 is 0 Å². The van der Waals surface area contributed by atoms with Crippen molar-refractivity contribution in [1.29, 1.82) is 0 Å². The molecule has 0 amide bonds. The molecule has 2 aromatic rings. The number of hydrogen-bond acceptors (Lipinski definition) is 4. The summed E-state index contributed by atoms with van der Waals surface area (Å²) in [4.78, 5) is 10.6. The predicted octanol–water partition coefficient (Wildman–Crippen LogP) is 2.23. The summed E-state index contributed by atoms with van der Waals surface area (Å²) in [6.07, 6.45) is 6.16. The number of nitrogens with two attached hydrogens (primary N) is 1. The van der Waals surface area contributed by atoms with Gasteiger partial charge in [-0.25, -0.2) is 9.37 Å². The third-order valence-corrected chi connectivity index (χ3v) is 4.07.